The number of nitrogens with zero attached hydrogens (tertiary/aromatic N) is 1. The molecule has 1 aromatic heterocycles. The Bertz CT molecular complexity index is 793. The minimum Gasteiger partial charge on any atom is -0.341 e. The molecule has 1 aliphatic rings. The van der Waals surface area contributed by atoms with Gasteiger partial charge in [-0.1, -0.05) is 35.9 Å². The highest BCUT2D eigenvalue weighted by Crippen LogP contribution is 2.42. The van der Waals surface area contributed by atoms with Crippen LogP contribution >= 0.6 is 0 Å². The first-order valence-corrected chi connectivity index (χ1v) is 6.99. The predicted octanol–water partition coefficient (Wildman–Crippen LogP) is 4.54. The summed E-state index contributed by atoms with van der Waals surface area (Å²) in [6.45, 7) is 5.45. The van der Waals surface area contributed by atoms with Gasteiger partial charge in [0.15, 0.2) is 0 Å². The Hall–Kier alpha value is -2.02. The molecule has 0 saturated heterocycles. The van der Waals surface area contributed by atoms with Crippen LogP contribution in [-0.2, 0) is 13.0 Å². The summed E-state index contributed by atoms with van der Waals surface area (Å²) in [5.74, 6) is 0. The Morgan fingerprint density at radius 3 is 2.79 bits per heavy atom. The topological polar surface area (TPSA) is 4.93 Å². The molecule has 0 spiro atoms. The van der Waals surface area contributed by atoms with Crippen molar-refractivity contribution in [3.8, 4) is 11.3 Å². The maximum Gasteiger partial charge on any atom is 0.0530 e. The van der Waals surface area contributed by atoms with E-state index in [1.54, 1.807) is 0 Å². The van der Waals surface area contributed by atoms with Crippen molar-refractivity contribution in [3.05, 3.63) is 59.2 Å². The SMILES string of the molecule is CCn1c2c(c3cc(C)ccc31)Cc1ccccc1-2. The summed E-state index contributed by atoms with van der Waals surface area (Å²) in [7, 11) is 0. The molecule has 3 aromatic rings. The molecular weight excluding hydrogens is 230 g/mol. The number of fused-ring (bicyclic) bond motifs is 5. The van der Waals surface area contributed by atoms with Crippen LogP contribution in [0.3, 0.4) is 0 Å². The van der Waals surface area contributed by atoms with Crippen molar-refractivity contribution < 1.29 is 0 Å². The minimum absolute atomic E-state index is 1.03. The molecule has 1 nitrogen and oxygen atoms in total. The molecule has 94 valence electrons. The standard InChI is InChI=1S/C18H17N/c1-3-19-17-9-8-12(2)10-15(17)16-11-13-6-4-5-7-14(13)18(16)19/h4-10H,3,11H2,1-2H3. The maximum absolute atomic E-state index is 2.47. The van der Waals surface area contributed by atoms with Gasteiger partial charge in [-0.15, -0.1) is 0 Å². The van der Waals surface area contributed by atoms with Gasteiger partial charge in [-0.05, 0) is 37.1 Å². The van der Waals surface area contributed by atoms with E-state index in [-0.39, 0.29) is 0 Å². The molecule has 1 heterocycles. The van der Waals surface area contributed by atoms with E-state index in [2.05, 4.69) is 60.9 Å². The van der Waals surface area contributed by atoms with Gasteiger partial charge in [-0.3, -0.25) is 0 Å². The fourth-order valence-corrected chi connectivity index (χ4v) is 3.45. The second-order valence-corrected chi connectivity index (χ2v) is 5.43. The molecule has 2 aromatic carbocycles. The van der Waals surface area contributed by atoms with Gasteiger partial charge < -0.3 is 4.57 Å². The molecule has 0 bridgehead atoms. The third-order valence-corrected chi connectivity index (χ3v) is 4.28. The van der Waals surface area contributed by atoms with Crippen LogP contribution < -0.4 is 0 Å². The molecule has 0 aliphatic heterocycles. The van der Waals surface area contributed by atoms with Crippen LogP contribution in [0.15, 0.2) is 42.5 Å². The number of aromatic nitrogens is 1. The lowest BCUT2D eigenvalue weighted by Gasteiger charge is -2.08. The van der Waals surface area contributed by atoms with Crippen LogP contribution in [0.25, 0.3) is 22.2 Å². The quantitative estimate of drug-likeness (QED) is 0.465. The zero-order valence-corrected chi connectivity index (χ0v) is 11.4. The van der Waals surface area contributed by atoms with Gasteiger partial charge in [0.2, 0.25) is 0 Å². The first kappa shape index (κ1) is 10.9. The average molecular weight is 247 g/mol. The van der Waals surface area contributed by atoms with E-state index in [9.17, 15) is 0 Å². The van der Waals surface area contributed by atoms with Gasteiger partial charge in [-0.2, -0.15) is 0 Å². The van der Waals surface area contributed by atoms with E-state index in [1.807, 2.05) is 0 Å². The molecule has 0 amide bonds. The first-order chi connectivity index (χ1) is 9.29. The van der Waals surface area contributed by atoms with Gasteiger partial charge >= 0.3 is 0 Å². The Labute approximate surface area is 113 Å². The summed E-state index contributed by atoms with van der Waals surface area (Å²) in [5.41, 5.74) is 8.58. The van der Waals surface area contributed by atoms with Crippen LogP contribution in [0.5, 0.6) is 0 Å². The van der Waals surface area contributed by atoms with E-state index in [0.29, 0.717) is 0 Å². The van der Waals surface area contributed by atoms with E-state index < -0.39 is 0 Å². The zero-order chi connectivity index (χ0) is 13.0. The number of benzene rings is 2. The normalized spacial score (nSPS) is 12.7. The van der Waals surface area contributed by atoms with Crippen LogP contribution in [0, 0.1) is 6.92 Å². The first-order valence-electron chi connectivity index (χ1n) is 6.99. The van der Waals surface area contributed by atoms with Gasteiger partial charge in [0.05, 0.1) is 5.69 Å². The van der Waals surface area contributed by atoms with Crippen molar-refractivity contribution in [3.63, 3.8) is 0 Å². The zero-order valence-electron chi connectivity index (χ0n) is 11.4. The van der Waals surface area contributed by atoms with E-state index in [4.69, 9.17) is 0 Å². The highest BCUT2D eigenvalue weighted by atomic mass is 15.0. The van der Waals surface area contributed by atoms with Gasteiger partial charge in [-0.25, -0.2) is 0 Å². The fourth-order valence-electron chi connectivity index (χ4n) is 3.45. The molecule has 0 fully saturated rings. The number of hydrogen-bond acceptors (Lipinski definition) is 0. The molecule has 0 atom stereocenters. The van der Waals surface area contributed by atoms with Crippen LogP contribution in [-0.4, -0.2) is 4.57 Å². The Morgan fingerprint density at radius 2 is 1.95 bits per heavy atom. The molecule has 0 saturated carbocycles. The van der Waals surface area contributed by atoms with Gasteiger partial charge in [0, 0.05) is 29.4 Å². The molecule has 0 unspecified atom stereocenters. The second kappa shape index (κ2) is 3.74. The number of hydrogen-bond donors (Lipinski definition) is 0. The predicted molar refractivity (Wildman–Crippen MR) is 80.6 cm³/mol. The van der Waals surface area contributed by atoms with Crippen LogP contribution in [0.2, 0.25) is 0 Å². The minimum atomic E-state index is 1.03. The summed E-state index contributed by atoms with van der Waals surface area (Å²) in [5, 5.41) is 1.44. The van der Waals surface area contributed by atoms with Crippen LogP contribution in [0.1, 0.15) is 23.6 Å². The van der Waals surface area contributed by atoms with E-state index in [1.165, 1.54) is 38.9 Å². The molecule has 4 rings (SSSR count). The van der Waals surface area contributed by atoms with Crippen LogP contribution in [0.4, 0.5) is 0 Å². The Morgan fingerprint density at radius 1 is 1.11 bits per heavy atom. The smallest absolute Gasteiger partial charge is 0.0530 e. The summed E-state index contributed by atoms with van der Waals surface area (Å²) < 4.78 is 2.47. The highest BCUT2D eigenvalue weighted by Gasteiger charge is 2.25. The lowest BCUT2D eigenvalue weighted by atomic mass is 10.1. The third kappa shape index (κ3) is 1.36. The molecule has 0 N–H and O–H groups in total. The lowest BCUT2D eigenvalue weighted by Crippen LogP contribution is -1.96. The van der Waals surface area contributed by atoms with Crippen molar-refractivity contribution in [2.75, 3.05) is 0 Å². The summed E-state index contributed by atoms with van der Waals surface area (Å²) >= 11 is 0. The third-order valence-electron chi connectivity index (χ3n) is 4.28. The molecule has 0 radical (unpaired) electrons. The van der Waals surface area contributed by atoms with Crippen molar-refractivity contribution in [2.24, 2.45) is 0 Å². The van der Waals surface area contributed by atoms with E-state index in [0.717, 1.165) is 13.0 Å². The van der Waals surface area contributed by atoms with Crippen molar-refractivity contribution in [1.29, 1.82) is 0 Å². The summed E-state index contributed by atoms with van der Waals surface area (Å²) in [4.78, 5) is 0. The van der Waals surface area contributed by atoms with Gasteiger partial charge in [0.25, 0.3) is 0 Å². The fraction of sp³-hybridized carbons (Fsp3) is 0.222. The van der Waals surface area contributed by atoms with Crippen molar-refractivity contribution in [2.45, 2.75) is 26.8 Å². The summed E-state index contributed by atoms with van der Waals surface area (Å²) in [6, 6.07) is 15.7. The largest absolute Gasteiger partial charge is 0.341 e. The molecule has 1 heteroatoms. The lowest BCUT2D eigenvalue weighted by molar-refractivity contribution is 0.805. The highest BCUT2D eigenvalue weighted by molar-refractivity contribution is 5.95. The summed E-state index contributed by atoms with van der Waals surface area (Å²) in [6.07, 6.45) is 1.08. The van der Waals surface area contributed by atoms with Gasteiger partial charge in [0.1, 0.15) is 0 Å². The number of aryl methyl sites for hydroxylation is 2. The molecule has 19 heavy (non-hydrogen) atoms. The molecule has 1 aliphatic carbocycles. The van der Waals surface area contributed by atoms with Crippen molar-refractivity contribution in [1.82, 2.24) is 4.57 Å². The number of rotatable bonds is 1. The van der Waals surface area contributed by atoms with E-state index >= 15 is 0 Å². The maximum atomic E-state index is 2.47. The average Bonchev–Trinajstić information content (AvgIpc) is 2.93. The Balaban J connectivity index is 2.14. The second-order valence-electron chi connectivity index (χ2n) is 5.43. The van der Waals surface area contributed by atoms with Crippen molar-refractivity contribution >= 4 is 10.9 Å². The monoisotopic (exact) mass is 247 g/mol. The molecular formula is C18H17N. The Kier molecular flexibility index (Phi) is 2.14.